The van der Waals surface area contributed by atoms with Crippen molar-refractivity contribution in [2.24, 2.45) is 0 Å². The van der Waals surface area contributed by atoms with Gasteiger partial charge in [-0.3, -0.25) is 14.5 Å². The Morgan fingerprint density at radius 3 is 2.48 bits per heavy atom. The summed E-state index contributed by atoms with van der Waals surface area (Å²) in [5.74, 6) is 0.302. The van der Waals surface area contributed by atoms with E-state index < -0.39 is 0 Å². The van der Waals surface area contributed by atoms with Crippen LogP contribution < -0.4 is 4.74 Å². The molecule has 1 aliphatic heterocycles. The molecule has 0 radical (unpaired) electrons. The van der Waals surface area contributed by atoms with Crippen molar-refractivity contribution in [1.82, 2.24) is 14.8 Å². The van der Waals surface area contributed by atoms with E-state index in [2.05, 4.69) is 0 Å². The second-order valence-corrected chi connectivity index (χ2v) is 8.81. The molecule has 0 N–H and O–H groups in total. The standard InChI is InChI=1S/C24H21N3O3S/c1-26(2)11-12-27-23(28)17-6-4-5-16-20(17)18(24(27)29)13-19-21(16)31-22(25-19)14-7-9-15(30-3)10-8-14/h4-10,13H,11-12H2,1-3H3. The zero-order valence-corrected chi connectivity index (χ0v) is 18.3. The molecule has 3 aromatic carbocycles. The first-order valence-electron chi connectivity index (χ1n) is 9.99. The number of likely N-dealkylation sites (N-methyl/N-ethyl adjacent to an activating group) is 1. The van der Waals surface area contributed by atoms with Gasteiger partial charge in [0.05, 0.1) is 22.9 Å². The van der Waals surface area contributed by atoms with Crippen LogP contribution in [0.3, 0.4) is 0 Å². The van der Waals surface area contributed by atoms with E-state index >= 15 is 0 Å². The number of carbonyl (C=O) groups is 2. The van der Waals surface area contributed by atoms with E-state index in [1.54, 1.807) is 24.5 Å². The Morgan fingerprint density at radius 1 is 1.03 bits per heavy atom. The third kappa shape index (κ3) is 3.17. The van der Waals surface area contributed by atoms with Crippen LogP contribution >= 0.6 is 11.3 Å². The predicted molar refractivity (Wildman–Crippen MR) is 123 cm³/mol. The number of carbonyl (C=O) groups excluding carboxylic acids is 2. The van der Waals surface area contributed by atoms with Gasteiger partial charge in [0.2, 0.25) is 0 Å². The molecule has 156 valence electrons. The number of hydrogen-bond acceptors (Lipinski definition) is 6. The smallest absolute Gasteiger partial charge is 0.261 e. The van der Waals surface area contributed by atoms with E-state index in [9.17, 15) is 9.59 Å². The van der Waals surface area contributed by atoms with Gasteiger partial charge in [0.25, 0.3) is 11.8 Å². The molecule has 0 unspecified atom stereocenters. The van der Waals surface area contributed by atoms with Gasteiger partial charge in [0.15, 0.2) is 0 Å². The highest BCUT2D eigenvalue weighted by Crippen LogP contribution is 2.40. The largest absolute Gasteiger partial charge is 0.497 e. The lowest BCUT2D eigenvalue weighted by atomic mass is 9.93. The van der Waals surface area contributed by atoms with E-state index in [0.29, 0.717) is 24.2 Å². The second kappa shape index (κ2) is 7.44. The summed E-state index contributed by atoms with van der Waals surface area (Å²) in [6, 6.07) is 15.2. The molecule has 0 aliphatic carbocycles. The Hall–Kier alpha value is -3.29. The quantitative estimate of drug-likeness (QED) is 0.441. The molecule has 0 saturated heterocycles. The van der Waals surface area contributed by atoms with Crippen LogP contribution in [0.4, 0.5) is 0 Å². The Balaban J connectivity index is 1.68. The second-order valence-electron chi connectivity index (χ2n) is 7.81. The van der Waals surface area contributed by atoms with E-state index in [-0.39, 0.29) is 11.8 Å². The number of aromatic nitrogens is 1. The highest BCUT2D eigenvalue weighted by molar-refractivity contribution is 7.22. The number of nitrogens with zero attached hydrogens (tertiary/aromatic N) is 3. The maximum absolute atomic E-state index is 13.3. The van der Waals surface area contributed by atoms with Crippen molar-refractivity contribution < 1.29 is 14.3 Å². The predicted octanol–water partition coefficient (Wildman–Crippen LogP) is 4.28. The van der Waals surface area contributed by atoms with Gasteiger partial charge in [-0.25, -0.2) is 4.98 Å². The van der Waals surface area contributed by atoms with Gasteiger partial charge >= 0.3 is 0 Å². The third-order valence-corrected chi connectivity index (χ3v) is 6.73. The molecule has 0 saturated carbocycles. The summed E-state index contributed by atoms with van der Waals surface area (Å²) >= 11 is 1.57. The fourth-order valence-electron chi connectivity index (χ4n) is 3.95. The molecule has 31 heavy (non-hydrogen) atoms. The number of ether oxygens (including phenoxy) is 1. The van der Waals surface area contributed by atoms with Gasteiger partial charge in [0, 0.05) is 35.0 Å². The fraction of sp³-hybridized carbons (Fsp3) is 0.208. The molecule has 6 nitrogen and oxygen atoms in total. The van der Waals surface area contributed by atoms with Crippen molar-refractivity contribution in [2.75, 3.05) is 34.3 Å². The van der Waals surface area contributed by atoms with Crippen molar-refractivity contribution in [3.63, 3.8) is 0 Å². The van der Waals surface area contributed by atoms with Crippen LogP contribution in [0.15, 0.2) is 48.5 Å². The average Bonchev–Trinajstić information content (AvgIpc) is 3.21. The minimum absolute atomic E-state index is 0.232. The van der Waals surface area contributed by atoms with Crippen LogP contribution in [0.2, 0.25) is 0 Å². The number of rotatable bonds is 5. The van der Waals surface area contributed by atoms with Gasteiger partial charge < -0.3 is 9.64 Å². The summed E-state index contributed by atoms with van der Waals surface area (Å²) in [5, 5.41) is 2.50. The molecular formula is C24H21N3O3S. The average molecular weight is 432 g/mol. The molecule has 0 fully saturated rings. The topological polar surface area (TPSA) is 62.7 Å². The summed E-state index contributed by atoms with van der Waals surface area (Å²) in [5.41, 5.74) is 2.87. The maximum atomic E-state index is 13.3. The Kier molecular flexibility index (Phi) is 4.72. The zero-order chi connectivity index (χ0) is 21.7. The van der Waals surface area contributed by atoms with E-state index in [1.807, 2.05) is 61.5 Å². The molecule has 4 aromatic rings. The lowest BCUT2D eigenvalue weighted by molar-refractivity contribution is 0.0601. The van der Waals surface area contributed by atoms with Crippen LogP contribution in [-0.2, 0) is 0 Å². The molecule has 0 bridgehead atoms. The van der Waals surface area contributed by atoms with Crippen LogP contribution in [0.5, 0.6) is 5.75 Å². The van der Waals surface area contributed by atoms with E-state index in [0.717, 1.165) is 37.3 Å². The number of hydrogen-bond donors (Lipinski definition) is 0. The molecule has 5 rings (SSSR count). The first kappa shape index (κ1) is 19.7. The fourth-order valence-corrected chi connectivity index (χ4v) is 5.03. The highest BCUT2D eigenvalue weighted by Gasteiger charge is 2.33. The molecule has 0 atom stereocenters. The van der Waals surface area contributed by atoms with Crippen molar-refractivity contribution in [1.29, 1.82) is 0 Å². The summed E-state index contributed by atoms with van der Waals surface area (Å²) in [7, 11) is 5.49. The molecular weight excluding hydrogens is 410 g/mol. The lowest BCUT2D eigenvalue weighted by Gasteiger charge is -2.28. The van der Waals surface area contributed by atoms with Crippen LogP contribution in [-0.4, -0.2) is 60.9 Å². The van der Waals surface area contributed by atoms with Crippen molar-refractivity contribution in [3.8, 4) is 16.3 Å². The molecule has 7 heteroatoms. The minimum Gasteiger partial charge on any atom is -0.497 e. The first-order valence-corrected chi connectivity index (χ1v) is 10.8. The van der Waals surface area contributed by atoms with Crippen LogP contribution in [0, 0.1) is 0 Å². The number of imide groups is 1. The molecule has 2 amide bonds. The number of amides is 2. The van der Waals surface area contributed by atoms with Gasteiger partial charge in [-0.2, -0.15) is 0 Å². The maximum Gasteiger partial charge on any atom is 0.261 e. The van der Waals surface area contributed by atoms with Gasteiger partial charge in [-0.15, -0.1) is 11.3 Å². The minimum atomic E-state index is -0.253. The summed E-state index contributed by atoms with van der Waals surface area (Å²) in [4.78, 5) is 34.5. The SMILES string of the molecule is COc1ccc(-c2nc3cc4c5c(cccc5c3s2)C(=O)N(CCN(C)C)C4=O)cc1. The van der Waals surface area contributed by atoms with Gasteiger partial charge in [0.1, 0.15) is 10.8 Å². The zero-order valence-electron chi connectivity index (χ0n) is 17.5. The summed E-state index contributed by atoms with van der Waals surface area (Å²) < 4.78 is 6.22. The van der Waals surface area contributed by atoms with Crippen molar-refractivity contribution in [3.05, 3.63) is 59.7 Å². The Bertz CT molecular complexity index is 1340. The first-order chi connectivity index (χ1) is 15.0. The summed E-state index contributed by atoms with van der Waals surface area (Å²) in [6.45, 7) is 0.968. The van der Waals surface area contributed by atoms with Gasteiger partial charge in [-0.05, 0) is 50.5 Å². The molecule has 1 aliphatic rings. The van der Waals surface area contributed by atoms with Crippen LogP contribution in [0.1, 0.15) is 20.7 Å². The highest BCUT2D eigenvalue weighted by atomic mass is 32.1. The van der Waals surface area contributed by atoms with Crippen molar-refractivity contribution >= 4 is 44.1 Å². The number of thiazole rings is 1. The molecule has 2 heterocycles. The number of methoxy groups -OCH3 is 1. The summed E-state index contributed by atoms with van der Waals surface area (Å²) in [6.07, 6.45) is 0. The normalized spacial score (nSPS) is 13.6. The molecule has 0 spiro atoms. The van der Waals surface area contributed by atoms with E-state index in [4.69, 9.17) is 9.72 Å². The Labute approximate surface area is 183 Å². The van der Waals surface area contributed by atoms with Gasteiger partial charge in [-0.1, -0.05) is 12.1 Å². The third-order valence-electron chi connectivity index (χ3n) is 5.57. The Morgan fingerprint density at radius 2 is 1.77 bits per heavy atom. The van der Waals surface area contributed by atoms with Crippen LogP contribution in [0.25, 0.3) is 31.6 Å². The monoisotopic (exact) mass is 431 g/mol. The van der Waals surface area contributed by atoms with E-state index in [1.165, 1.54) is 4.90 Å². The van der Waals surface area contributed by atoms with Crippen molar-refractivity contribution in [2.45, 2.75) is 0 Å². The number of benzene rings is 3. The lowest BCUT2D eigenvalue weighted by Crippen LogP contribution is -2.43. The molecule has 1 aromatic heterocycles. The number of fused-ring (bicyclic) bond motifs is 2.